The van der Waals surface area contributed by atoms with Crippen molar-refractivity contribution in [1.82, 2.24) is 4.90 Å². The number of halogens is 1. The molecule has 134 valence electrons. The zero-order valence-corrected chi connectivity index (χ0v) is 17.2. The molecule has 1 amide bonds. The Kier molecular flexibility index (Phi) is 5.53. The molecule has 0 radical (unpaired) electrons. The van der Waals surface area contributed by atoms with Gasteiger partial charge in [-0.05, 0) is 74.0 Å². The van der Waals surface area contributed by atoms with Gasteiger partial charge in [-0.3, -0.25) is 9.69 Å². The molecule has 2 aromatic rings. The average Bonchev–Trinajstić information content (AvgIpc) is 2.89. The second-order valence-corrected chi connectivity index (χ2v) is 7.97. The minimum Gasteiger partial charge on any atom is -0.507 e. The van der Waals surface area contributed by atoms with Crippen LogP contribution in [0.5, 0.6) is 5.75 Å². The number of thioether (sulfide) groups is 1. The van der Waals surface area contributed by atoms with Gasteiger partial charge in [0.2, 0.25) is 0 Å². The fourth-order valence-electron chi connectivity index (χ4n) is 2.60. The summed E-state index contributed by atoms with van der Waals surface area (Å²) in [6.07, 6.45) is 1.71. The van der Waals surface area contributed by atoms with Gasteiger partial charge in [0.25, 0.3) is 5.91 Å². The first-order chi connectivity index (χ1) is 12.4. The van der Waals surface area contributed by atoms with Crippen LogP contribution in [0, 0.1) is 13.8 Å². The number of likely N-dealkylation sites (N-methyl/N-ethyl adjacent to an activating group) is 1. The predicted octanol–water partition coefficient (Wildman–Crippen LogP) is 5.40. The Balaban J connectivity index is 2.01. The van der Waals surface area contributed by atoms with Crippen molar-refractivity contribution in [3.8, 4) is 5.75 Å². The zero-order valence-electron chi connectivity index (χ0n) is 14.8. The number of aryl methyl sites for hydroxylation is 2. The van der Waals surface area contributed by atoms with Gasteiger partial charge in [0.15, 0.2) is 5.17 Å². The highest BCUT2D eigenvalue weighted by Crippen LogP contribution is 2.36. The summed E-state index contributed by atoms with van der Waals surface area (Å²) >= 11 is 4.72. The number of carbonyl (C=O) groups is 1. The van der Waals surface area contributed by atoms with Crippen molar-refractivity contribution < 1.29 is 9.90 Å². The van der Waals surface area contributed by atoms with Crippen LogP contribution < -0.4 is 0 Å². The van der Waals surface area contributed by atoms with E-state index >= 15 is 0 Å². The van der Waals surface area contributed by atoms with Crippen molar-refractivity contribution in [3.05, 3.63) is 62.5 Å². The first-order valence-corrected chi connectivity index (χ1v) is 9.86. The molecule has 0 unspecified atom stereocenters. The molecule has 1 N–H and O–H groups in total. The molecular formula is C20H19BrN2O2S. The molecule has 6 heteroatoms. The van der Waals surface area contributed by atoms with Gasteiger partial charge < -0.3 is 5.11 Å². The van der Waals surface area contributed by atoms with Crippen LogP contribution >= 0.6 is 27.7 Å². The van der Waals surface area contributed by atoms with Gasteiger partial charge >= 0.3 is 0 Å². The number of nitrogens with zero attached hydrogens (tertiary/aromatic N) is 2. The van der Waals surface area contributed by atoms with Crippen LogP contribution in [0.25, 0.3) is 6.08 Å². The van der Waals surface area contributed by atoms with Crippen LogP contribution in [-0.4, -0.2) is 27.6 Å². The molecule has 1 heterocycles. The maximum atomic E-state index is 12.8. The van der Waals surface area contributed by atoms with E-state index in [9.17, 15) is 9.90 Å². The molecule has 2 aromatic carbocycles. The van der Waals surface area contributed by atoms with Gasteiger partial charge in [-0.1, -0.05) is 28.1 Å². The molecule has 0 atom stereocenters. The van der Waals surface area contributed by atoms with Gasteiger partial charge in [-0.2, -0.15) is 0 Å². The molecule has 4 nitrogen and oxygen atoms in total. The Bertz CT molecular complexity index is 937. The minimum absolute atomic E-state index is 0.0964. The fourth-order valence-corrected chi connectivity index (χ4v) is 4.02. The van der Waals surface area contributed by atoms with E-state index in [1.807, 2.05) is 39.0 Å². The zero-order chi connectivity index (χ0) is 18.8. The van der Waals surface area contributed by atoms with Crippen molar-refractivity contribution in [2.45, 2.75) is 20.8 Å². The predicted molar refractivity (Wildman–Crippen MR) is 112 cm³/mol. The van der Waals surface area contributed by atoms with Gasteiger partial charge in [-0.15, -0.1) is 0 Å². The molecule has 3 rings (SSSR count). The summed E-state index contributed by atoms with van der Waals surface area (Å²) in [5.41, 5.74) is 3.65. The molecule has 1 aliphatic heterocycles. The van der Waals surface area contributed by atoms with Gasteiger partial charge in [0.05, 0.1) is 10.6 Å². The number of hydrogen-bond acceptors (Lipinski definition) is 4. The molecular weight excluding hydrogens is 412 g/mol. The Morgan fingerprint density at radius 3 is 2.73 bits per heavy atom. The Hall–Kier alpha value is -2.05. The quantitative estimate of drug-likeness (QED) is 0.663. The van der Waals surface area contributed by atoms with Crippen molar-refractivity contribution in [2.24, 2.45) is 4.99 Å². The average molecular weight is 431 g/mol. The molecule has 1 saturated heterocycles. The lowest BCUT2D eigenvalue weighted by Gasteiger charge is -2.12. The summed E-state index contributed by atoms with van der Waals surface area (Å²) in [6, 6.07) is 11.2. The lowest BCUT2D eigenvalue weighted by molar-refractivity contribution is -0.122. The smallest absolute Gasteiger partial charge is 0.266 e. The first-order valence-electron chi connectivity index (χ1n) is 8.25. The third-order valence-electron chi connectivity index (χ3n) is 4.06. The summed E-state index contributed by atoms with van der Waals surface area (Å²) in [7, 11) is 0. The van der Waals surface area contributed by atoms with Crippen molar-refractivity contribution >= 4 is 50.5 Å². The highest BCUT2D eigenvalue weighted by atomic mass is 79.9. The third-order valence-corrected chi connectivity index (χ3v) is 5.56. The number of carbonyl (C=O) groups excluding carboxylic acids is 1. The molecule has 0 aliphatic carbocycles. The van der Waals surface area contributed by atoms with Crippen molar-refractivity contribution in [1.29, 1.82) is 0 Å². The largest absolute Gasteiger partial charge is 0.507 e. The van der Waals surface area contributed by atoms with Gasteiger partial charge in [-0.25, -0.2) is 4.99 Å². The fraction of sp³-hybridized carbons (Fsp3) is 0.200. The van der Waals surface area contributed by atoms with Crippen molar-refractivity contribution in [3.63, 3.8) is 0 Å². The highest BCUT2D eigenvalue weighted by Gasteiger charge is 2.32. The molecule has 1 fully saturated rings. The number of rotatable bonds is 3. The minimum atomic E-state index is -0.0964. The number of phenolic OH excluding ortho intramolecular Hbond substituents is 1. The Labute approximate surface area is 165 Å². The third kappa shape index (κ3) is 3.86. The summed E-state index contributed by atoms with van der Waals surface area (Å²) < 4.78 is 0.842. The number of phenols is 1. The lowest BCUT2D eigenvalue weighted by Crippen LogP contribution is -2.28. The van der Waals surface area contributed by atoms with E-state index in [2.05, 4.69) is 15.9 Å². The number of aliphatic imine (C=N–C) groups is 1. The van der Waals surface area contributed by atoms with Crippen LogP contribution in [0.3, 0.4) is 0 Å². The van der Waals surface area contributed by atoms with Gasteiger partial charge in [0.1, 0.15) is 5.75 Å². The van der Waals surface area contributed by atoms with E-state index < -0.39 is 0 Å². The van der Waals surface area contributed by atoms with E-state index in [1.54, 1.807) is 29.2 Å². The summed E-state index contributed by atoms with van der Waals surface area (Å²) in [4.78, 5) is 19.7. The number of amides is 1. The van der Waals surface area contributed by atoms with E-state index in [-0.39, 0.29) is 11.7 Å². The van der Waals surface area contributed by atoms with Crippen molar-refractivity contribution in [2.75, 3.05) is 6.54 Å². The number of hydrogen-bond donors (Lipinski definition) is 1. The molecule has 0 aromatic heterocycles. The highest BCUT2D eigenvalue weighted by molar-refractivity contribution is 9.10. The topological polar surface area (TPSA) is 52.9 Å². The van der Waals surface area contributed by atoms with E-state index in [0.717, 1.165) is 21.3 Å². The SMILES string of the molecule is CCN1C(=O)/C(=C\c2cc(Br)ccc2O)SC1=Nc1cc(C)ccc1C. The van der Waals surface area contributed by atoms with E-state index in [4.69, 9.17) is 4.99 Å². The second kappa shape index (κ2) is 7.68. The van der Waals surface area contributed by atoms with Crippen LogP contribution in [0.4, 0.5) is 5.69 Å². The van der Waals surface area contributed by atoms with Crippen LogP contribution in [0.15, 0.2) is 50.8 Å². The van der Waals surface area contributed by atoms with Crippen LogP contribution in [-0.2, 0) is 4.79 Å². The Morgan fingerprint density at radius 1 is 1.23 bits per heavy atom. The molecule has 26 heavy (non-hydrogen) atoms. The van der Waals surface area contributed by atoms with Gasteiger partial charge in [0, 0.05) is 16.6 Å². The lowest BCUT2D eigenvalue weighted by atomic mass is 10.1. The van der Waals surface area contributed by atoms with E-state index in [1.165, 1.54) is 11.8 Å². The number of benzene rings is 2. The number of aromatic hydroxyl groups is 1. The monoisotopic (exact) mass is 430 g/mol. The molecule has 0 bridgehead atoms. The molecule has 0 spiro atoms. The molecule has 0 saturated carbocycles. The number of amidine groups is 1. The Morgan fingerprint density at radius 2 is 2.00 bits per heavy atom. The second-order valence-electron chi connectivity index (χ2n) is 6.05. The summed E-state index contributed by atoms with van der Waals surface area (Å²) in [5, 5.41) is 10.7. The normalized spacial score (nSPS) is 17.5. The maximum Gasteiger partial charge on any atom is 0.266 e. The first kappa shape index (κ1) is 18.7. The standard InChI is InChI=1S/C20H19BrN2O2S/c1-4-23-19(25)18(11-14-10-15(21)7-8-17(14)24)26-20(23)22-16-9-12(2)5-6-13(16)3/h5-11,24H,4H2,1-3H3/b18-11+,22-20?. The van der Waals surface area contributed by atoms with Crippen LogP contribution in [0.2, 0.25) is 0 Å². The van der Waals surface area contributed by atoms with E-state index in [0.29, 0.717) is 22.2 Å². The maximum absolute atomic E-state index is 12.8. The van der Waals surface area contributed by atoms with Crippen LogP contribution in [0.1, 0.15) is 23.6 Å². The summed E-state index contributed by atoms with van der Waals surface area (Å²) in [5.74, 6) is 0.0398. The molecule has 1 aliphatic rings. The summed E-state index contributed by atoms with van der Waals surface area (Å²) in [6.45, 7) is 6.50.